The Morgan fingerprint density at radius 1 is 1.07 bits per heavy atom. The summed E-state index contributed by atoms with van der Waals surface area (Å²) in [4.78, 5) is 11.3. The van der Waals surface area contributed by atoms with E-state index < -0.39 is 0 Å². The summed E-state index contributed by atoms with van der Waals surface area (Å²) in [6.45, 7) is 0. The highest BCUT2D eigenvalue weighted by molar-refractivity contribution is 8.18. The standard InChI is InChI=1S/C25H18N2S2/c1-2-8-18-17(7-1)15-16-25-19(18)9-5-12-22(25)29-24(27-25)14-6-13-23-26-20-10-3-4-11-21(20)28-23/h1-12,14-15H,13,16H2. The second kappa shape index (κ2) is 6.68. The molecule has 0 fully saturated rings. The minimum atomic E-state index is -0.233. The fourth-order valence-electron chi connectivity index (χ4n) is 4.28. The molecule has 0 saturated heterocycles. The molecule has 1 unspecified atom stereocenters. The number of allylic oxidation sites excluding steroid dienone is 3. The SMILES string of the molecule is C1=CC2=c3ccccc3=CCC23N=C(C=CCc2nc4ccccc4s2)SC3=C1. The van der Waals surface area contributed by atoms with E-state index in [0.29, 0.717) is 0 Å². The van der Waals surface area contributed by atoms with Crippen molar-refractivity contribution in [1.82, 2.24) is 4.98 Å². The van der Waals surface area contributed by atoms with E-state index in [1.807, 2.05) is 6.07 Å². The Morgan fingerprint density at radius 2 is 1.97 bits per heavy atom. The van der Waals surface area contributed by atoms with Crippen LogP contribution < -0.4 is 10.4 Å². The number of aromatic nitrogens is 1. The number of rotatable bonds is 3. The van der Waals surface area contributed by atoms with Gasteiger partial charge in [-0.3, -0.25) is 4.99 Å². The van der Waals surface area contributed by atoms with Crippen molar-refractivity contribution in [2.24, 2.45) is 4.99 Å². The highest BCUT2D eigenvalue weighted by Crippen LogP contribution is 2.50. The van der Waals surface area contributed by atoms with Crippen LogP contribution in [-0.4, -0.2) is 15.6 Å². The first-order valence-corrected chi connectivity index (χ1v) is 11.4. The molecule has 29 heavy (non-hydrogen) atoms. The van der Waals surface area contributed by atoms with Crippen molar-refractivity contribution in [2.75, 3.05) is 0 Å². The molecule has 0 bridgehead atoms. The van der Waals surface area contributed by atoms with E-state index in [1.54, 1.807) is 23.1 Å². The summed E-state index contributed by atoms with van der Waals surface area (Å²) in [6, 6.07) is 17.0. The van der Waals surface area contributed by atoms with Gasteiger partial charge in [-0.1, -0.05) is 72.5 Å². The van der Waals surface area contributed by atoms with Crippen LogP contribution in [0.15, 0.2) is 88.8 Å². The molecule has 0 amide bonds. The first-order chi connectivity index (χ1) is 14.3. The summed E-state index contributed by atoms with van der Waals surface area (Å²) in [5.41, 5.74) is 2.18. The zero-order valence-electron chi connectivity index (χ0n) is 15.7. The van der Waals surface area contributed by atoms with Crippen molar-refractivity contribution < 1.29 is 0 Å². The van der Waals surface area contributed by atoms with Crippen LogP contribution in [0.2, 0.25) is 0 Å². The van der Waals surface area contributed by atoms with E-state index in [1.165, 1.54) is 25.6 Å². The van der Waals surface area contributed by atoms with Gasteiger partial charge in [0.05, 0.1) is 20.3 Å². The van der Waals surface area contributed by atoms with Crippen LogP contribution >= 0.6 is 23.1 Å². The lowest BCUT2D eigenvalue weighted by molar-refractivity contribution is 0.694. The van der Waals surface area contributed by atoms with Crippen LogP contribution in [0, 0.1) is 0 Å². The fraction of sp³-hybridized carbons (Fsp3) is 0.120. The predicted molar refractivity (Wildman–Crippen MR) is 126 cm³/mol. The van der Waals surface area contributed by atoms with Crippen LogP contribution in [0.4, 0.5) is 0 Å². The van der Waals surface area contributed by atoms with E-state index >= 15 is 0 Å². The van der Waals surface area contributed by atoms with Crippen LogP contribution in [0.3, 0.4) is 0 Å². The predicted octanol–water partition coefficient (Wildman–Crippen LogP) is 4.77. The van der Waals surface area contributed by atoms with Gasteiger partial charge >= 0.3 is 0 Å². The number of thioether (sulfide) groups is 1. The summed E-state index contributed by atoms with van der Waals surface area (Å²) < 4.78 is 1.25. The van der Waals surface area contributed by atoms with E-state index in [0.717, 1.165) is 28.4 Å². The van der Waals surface area contributed by atoms with Gasteiger partial charge in [-0.05, 0) is 40.3 Å². The molecule has 2 nitrogen and oxygen atoms in total. The van der Waals surface area contributed by atoms with Crippen LogP contribution in [0.1, 0.15) is 11.4 Å². The maximum absolute atomic E-state index is 5.22. The summed E-state index contributed by atoms with van der Waals surface area (Å²) >= 11 is 3.57. The van der Waals surface area contributed by atoms with E-state index in [-0.39, 0.29) is 5.54 Å². The summed E-state index contributed by atoms with van der Waals surface area (Å²) in [5.74, 6) is 0. The third-order valence-corrected chi connectivity index (χ3v) is 7.83. The zero-order valence-corrected chi connectivity index (χ0v) is 17.3. The Bertz CT molecular complexity index is 1350. The van der Waals surface area contributed by atoms with Crippen molar-refractivity contribution in [2.45, 2.75) is 18.4 Å². The maximum atomic E-state index is 5.22. The molecule has 3 aromatic rings. The molecule has 1 atom stereocenters. The van der Waals surface area contributed by atoms with Crippen molar-refractivity contribution in [3.63, 3.8) is 0 Å². The van der Waals surface area contributed by atoms with Crippen molar-refractivity contribution in [3.05, 3.63) is 99.3 Å². The topological polar surface area (TPSA) is 25.2 Å². The number of thiazole rings is 1. The van der Waals surface area contributed by atoms with Gasteiger partial charge in [0.1, 0.15) is 5.54 Å². The molecule has 1 aromatic heterocycles. The van der Waals surface area contributed by atoms with Gasteiger partial charge in [0.2, 0.25) is 0 Å². The number of aliphatic imine (C=N–C) groups is 1. The molecule has 0 radical (unpaired) electrons. The van der Waals surface area contributed by atoms with Gasteiger partial charge < -0.3 is 0 Å². The molecule has 2 aliphatic carbocycles. The molecule has 2 aromatic carbocycles. The highest BCUT2D eigenvalue weighted by atomic mass is 32.2. The lowest BCUT2D eigenvalue weighted by atomic mass is 9.79. The number of fused-ring (bicyclic) bond motifs is 2. The smallest absolute Gasteiger partial charge is 0.122 e. The Hall–Kier alpha value is -2.69. The number of nitrogens with zero attached hydrogens (tertiary/aromatic N) is 2. The van der Waals surface area contributed by atoms with E-state index in [2.05, 4.69) is 78.9 Å². The number of benzene rings is 2. The first-order valence-electron chi connectivity index (χ1n) is 9.79. The molecule has 4 heteroatoms. The average Bonchev–Trinajstić information content (AvgIpc) is 3.33. The Balaban J connectivity index is 1.32. The zero-order chi connectivity index (χ0) is 19.3. The molecule has 2 heterocycles. The summed E-state index contributed by atoms with van der Waals surface area (Å²) in [7, 11) is 0. The molecule has 0 saturated carbocycles. The molecular formula is C25H18N2S2. The van der Waals surface area contributed by atoms with Crippen LogP contribution in [0.25, 0.3) is 21.9 Å². The second-order valence-electron chi connectivity index (χ2n) is 7.39. The first kappa shape index (κ1) is 17.2. The number of hydrogen-bond donors (Lipinski definition) is 0. The molecule has 6 rings (SSSR count). The second-order valence-corrected chi connectivity index (χ2v) is 9.57. The normalized spacial score (nSPS) is 22.1. The van der Waals surface area contributed by atoms with Crippen molar-refractivity contribution >= 4 is 50.0 Å². The lowest BCUT2D eigenvalue weighted by Gasteiger charge is -2.32. The van der Waals surface area contributed by atoms with Crippen LogP contribution in [-0.2, 0) is 6.42 Å². The van der Waals surface area contributed by atoms with E-state index in [4.69, 9.17) is 9.98 Å². The fourth-order valence-corrected chi connectivity index (χ4v) is 6.37. The van der Waals surface area contributed by atoms with E-state index in [9.17, 15) is 0 Å². The Morgan fingerprint density at radius 3 is 2.93 bits per heavy atom. The van der Waals surface area contributed by atoms with Gasteiger partial charge in [0.15, 0.2) is 0 Å². The minimum absolute atomic E-state index is 0.233. The van der Waals surface area contributed by atoms with Gasteiger partial charge in [0.25, 0.3) is 0 Å². The molecule has 140 valence electrons. The maximum Gasteiger partial charge on any atom is 0.122 e. The quantitative estimate of drug-likeness (QED) is 0.622. The molecule has 1 aliphatic heterocycles. The lowest BCUT2D eigenvalue weighted by Crippen LogP contribution is -2.41. The van der Waals surface area contributed by atoms with Gasteiger partial charge in [0, 0.05) is 17.7 Å². The van der Waals surface area contributed by atoms with Gasteiger partial charge in [-0.2, -0.15) is 0 Å². The van der Waals surface area contributed by atoms with Crippen molar-refractivity contribution in [3.8, 4) is 0 Å². The van der Waals surface area contributed by atoms with Crippen LogP contribution in [0.5, 0.6) is 0 Å². The monoisotopic (exact) mass is 410 g/mol. The third kappa shape index (κ3) is 2.78. The summed E-state index contributed by atoms with van der Waals surface area (Å²) in [5, 5.41) is 4.87. The third-order valence-electron chi connectivity index (χ3n) is 5.64. The molecule has 0 N–H and O–H groups in total. The molecule has 1 spiro atoms. The minimum Gasteiger partial charge on any atom is -0.261 e. The molecular weight excluding hydrogens is 392 g/mol. The van der Waals surface area contributed by atoms with Gasteiger partial charge in [-0.25, -0.2) is 4.98 Å². The van der Waals surface area contributed by atoms with Crippen molar-refractivity contribution in [1.29, 1.82) is 0 Å². The Kier molecular flexibility index (Phi) is 3.96. The number of para-hydroxylation sites is 1. The largest absolute Gasteiger partial charge is 0.261 e. The van der Waals surface area contributed by atoms with Gasteiger partial charge in [-0.15, -0.1) is 11.3 Å². The Labute approximate surface area is 177 Å². The summed E-state index contributed by atoms with van der Waals surface area (Å²) in [6.07, 6.45) is 15.1. The average molecular weight is 411 g/mol. The molecule has 3 aliphatic rings. The highest BCUT2D eigenvalue weighted by Gasteiger charge is 2.43. The number of hydrogen-bond acceptors (Lipinski definition) is 4.